The van der Waals surface area contributed by atoms with Crippen LogP contribution in [0.4, 0.5) is 0 Å². The van der Waals surface area contributed by atoms with Crippen molar-refractivity contribution in [3.05, 3.63) is 0 Å². The lowest BCUT2D eigenvalue weighted by atomic mass is 10.1. The Kier molecular flexibility index (Phi) is 5.16. The van der Waals surface area contributed by atoms with Gasteiger partial charge in [-0.05, 0) is 44.3 Å². The molecule has 0 aliphatic carbocycles. The molecule has 0 aromatic heterocycles. The van der Waals surface area contributed by atoms with Crippen LogP contribution in [0, 0.1) is 0 Å². The highest BCUT2D eigenvalue weighted by Gasteiger charge is 2.33. The normalized spacial score (nSPS) is 29.6. The van der Waals surface area contributed by atoms with Gasteiger partial charge in [0.05, 0.1) is 5.25 Å². The molecule has 0 aromatic rings. The van der Waals surface area contributed by atoms with Gasteiger partial charge in [0.15, 0.2) is 0 Å². The summed E-state index contributed by atoms with van der Waals surface area (Å²) in [5, 5.41) is 9.11. The van der Waals surface area contributed by atoms with Crippen LogP contribution in [0.5, 0.6) is 0 Å². The fourth-order valence-electron chi connectivity index (χ4n) is 2.87. The van der Waals surface area contributed by atoms with Crippen molar-refractivity contribution < 1.29 is 9.90 Å². The van der Waals surface area contributed by atoms with Gasteiger partial charge in [0, 0.05) is 19.2 Å². The summed E-state index contributed by atoms with van der Waals surface area (Å²) in [6, 6.07) is 0.400. The molecule has 0 bridgehead atoms. The lowest BCUT2D eigenvalue weighted by molar-refractivity contribution is -0.131. The van der Waals surface area contributed by atoms with Crippen molar-refractivity contribution in [1.82, 2.24) is 4.90 Å². The first kappa shape index (κ1) is 13.2. The standard InChI is InChI=1S/C13H23NO2S/c15-9-4-6-11-5-3-8-14(11)13(16)12-7-1-2-10-17-12/h11-12,15H,1-10H2. The quantitative estimate of drug-likeness (QED) is 0.838. The molecule has 98 valence electrons. The maximum atomic E-state index is 12.4. The van der Waals surface area contributed by atoms with E-state index < -0.39 is 0 Å². The Labute approximate surface area is 108 Å². The van der Waals surface area contributed by atoms with Crippen molar-refractivity contribution in [2.45, 2.75) is 56.2 Å². The first-order valence-corrected chi connectivity index (χ1v) is 7.90. The van der Waals surface area contributed by atoms with Gasteiger partial charge in [-0.15, -0.1) is 11.8 Å². The largest absolute Gasteiger partial charge is 0.396 e. The Morgan fingerprint density at radius 1 is 1.29 bits per heavy atom. The molecular weight excluding hydrogens is 234 g/mol. The zero-order valence-corrected chi connectivity index (χ0v) is 11.3. The Morgan fingerprint density at radius 3 is 2.88 bits per heavy atom. The van der Waals surface area contributed by atoms with E-state index in [1.165, 1.54) is 12.8 Å². The molecule has 2 heterocycles. The van der Waals surface area contributed by atoms with E-state index in [4.69, 9.17) is 5.11 Å². The van der Waals surface area contributed by atoms with Crippen LogP contribution in [0.2, 0.25) is 0 Å². The summed E-state index contributed by atoms with van der Waals surface area (Å²) < 4.78 is 0. The Morgan fingerprint density at radius 2 is 2.18 bits per heavy atom. The second-order valence-corrected chi connectivity index (χ2v) is 6.36. The van der Waals surface area contributed by atoms with Crippen molar-refractivity contribution in [2.75, 3.05) is 18.9 Å². The monoisotopic (exact) mass is 257 g/mol. The number of rotatable bonds is 4. The highest BCUT2D eigenvalue weighted by Crippen LogP contribution is 2.30. The number of carbonyl (C=O) groups excluding carboxylic acids is 1. The minimum Gasteiger partial charge on any atom is -0.396 e. The molecule has 2 unspecified atom stereocenters. The molecule has 2 rings (SSSR count). The van der Waals surface area contributed by atoms with Gasteiger partial charge < -0.3 is 10.0 Å². The summed E-state index contributed by atoms with van der Waals surface area (Å²) in [6.45, 7) is 1.18. The number of thioether (sulfide) groups is 1. The molecule has 2 aliphatic rings. The number of nitrogens with zero attached hydrogens (tertiary/aromatic N) is 1. The van der Waals surface area contributed by atoms with Gasteiger partial charge in [0.1, 0.15) is 0 Å². The molecule has 4 heteroatoms. The average Bonchev–Trinajstić information content (AvgIpc) is 2.84. The molecule has 17 heavy (non-hydrogen) atoms. The second kappa shape index (κ2) is 6.64. The molecule has 2 saturated heterocycles. The molecule has 0 aromatic carbocycles. The molecule has 3 nitrogen and oxygen atoms in total. The number of hydrogen-bond acceptors (Lipinski definition) is 3. The van der Waals surface area contributed by atoms with Crippen LogP contribution in [0.25, 0.3) is 0 Å². The number of carbonyl (C=O) groups is 1. The van der Waals surface area contributed by atoms with Crippen LogP contribution in [0.15, 0.2) is 0 Å². The number of likely N-dealkylation sites (tertiary alicyclic amines) is 1. The van der Waals surface area contributed by atoms with Crippen molar-refractivity contribution in [3.8, 4) is 0 Å². The van der Waals surface area contributed by atoms with E-state index in [1.807, 2.05) is 11.8 Å². The lowest BCUT2D eigenvalue weighted by Crippen LogP contribution is -2.41. The first-order valence-electron chi connectivity index (χ1n) is 6.86. The predicted molar refractivity (Wildman–Crippen MR) is 71.2 cm³/mol. The van der Waals surface area contributed by atoms with Gasteiger partial charge in [-0.25, -0.2) is 0 Å². The summed E-state index contributed by atoms with van der Waals surface area (Å²) in [5.74, 6) is 1.51. The molecule has 0 radical (unpaired) electrons. The average molecular weight is 257 g/mol. The molecule has 0 saturated carbocycles. The van der Waals surface area contributed by atoms with Gasteiger partial charge in [-0.2, -0.15) is 0 Å². The van der Waals surface area contributed by atoms with E-state index in [2.05, 4.69) is 4.90 Å². The number of amides is 1. The smallest absolute Gasteiger partial charge is 0.235 e. The van der Waals surface area contributed by atoms with E-state index in [0.717, 1.165) is 44.4 Å². The van der Waals surface area contributed by atoms with E-state index in [9.17, 15) is 4.79 Å². The van der Waals surface area contributed by atoms with Crippen molar-refractivity contribution in [1.29, 1.82) is 0 Å². The topological polar surface area (TPSA) is 40.5 Å². The minimum absolute atomic E-state index is 0.221. The van der Waals surface area contributed by atoms with Crippen LogP contribution in [-0.2, 0) is 4.79 Å². The van der Waals surface area contributed by atoms with Gasteiger partial charge in [0.2, 0.25) is 5.91 Å². The molecule has 1 N–H and O–H groups in total. The summed E-state index contributed by atoms with van der Waals surface area (Å²) in [6.07, 6.45) is 7.60. The lowest BCUT2D eigenvalue weighted by Gasteiger charge is -2.30. The summed E-state index contributed by atoms with van der Waals surface area (Å²) in [7, 11) is 0. The molecule has 1 amide bonds. The SMILES string of the molecule is O=C(C1CCCCS1)N1CCCC1CCCO. The third-order valence-electron chi connectivity index (χ3n) is 3.81. The van der Waals surface area contributed by atoms with Gasteiger partial charge in [-0.3, -0.25) is 4.79 Å². The maximum absolute atomic E-state index is 12.4. The van der Waals surface area contributed by atoms with Crippen molar-refractivity contribution >= 4 is 17.7 Å². The van der Waals surface area contributed by atoms with E-state index >= 15 is 0 Å². The molecule has 2 aliphatic heterocycles. The summed E-state index contributed by atoms with van der Waals surface area (Å²) in [4.78, 5) is 14.5. The fourth-order valence-corrected chi connectivity index (χ4v) is 4.14. The first-order chi connectivity index (χ1) is 8.33. The van der Waals surface area contributed by atoms with Gasteiger partial charge in [-0.1, -0.05) is 6.42 Å². The number of aliphatic hydroxyl groups is 1. The third-order valence-corrected chi connectivity index (χ3v) is 5.17. The third kappa shape index (κ3) is 3.38. The molecule has 2 atom stereocenters. The van der Waals surface area contributed by atoms with E-state index in [-0.39, 0.29) is 11.9 Å². The summed E-state index contributed by atoms with van der Waals surface area (Å²) >= 11 is 1.84. The predicted octanol–water partition coefficient (Wildman–Crippen LogP) is 2.04. The molecule has 0 spiro atoms. The zero-order chi connectivity index (χ0) is 12.1. The molecule has 2 fully saturated rings. The van der Waals surface area contributed by atoms with E-state index in [1.54, 1.807) is 0 Å². The Hall–Kier alpha value is -0.220. The van der Waals surface area contributed by atoms with Gasteiger partial charge in [0.25, 0.3) is 0 Å². The second-order valence-electron chi connectivity index (χ2n) is 5.05. The van der Waals surface area contributed by atoms with Crippen LogP contribution in [-0.4, -0.2) is 46.1 Å². The minimum atomic E-state index is 0.221. The van der Waals surface area contributed by atoms with Gasteiger partial charge >= 0.3 is 0 Å². The molecular formula is C13H23NO2S. The van der Waals surface area contributed by atoms with Crippen LogP contribution >= 0.6 is 11.8 Å². The van der Waals surface area contributed by atoms with Crippen LogP contribution in [0.3, 0.4) is 0 Å². The van der Waals surface area contributed by atoms with Crippen LogP contribution < -0.4 is 0 Å². The summed E-state index contributed by atoms with van der Waals surface area (Å²) in [5.41, 5.74) is 0. The highest BCUT2D eigenvalue weighted by molar-refractivity contribution is 8.00. The zero-order valence-electron chi connectivity index (χ0n) is 10.4. The highest BCUT2D eigenvalue weighted by atomic mass is 32.2. The van der Waals surface area contributed by atoms with E-state index in [0.29, 0.717) is 11.9 Å². The van der Waals surface area contributed by atoms with Crippen LogP contribution in [0.1, 0.15) is 44.9 Å². The van der Waals surface area contributed by atoms with Crippen molar-refractivity contribution in [3.63, 3.8) is 0 Å². The number of aliphatic hydroxyl groups excluding tert-OH is 1. The fraction of sp³-hybridized carbons (Fsp3) is 0.923. The van der Waals surface area contributed by atoms with Crippen molar-refractivity contribution in [2.24, 2.45) is 0 Å². The Bertz CT molecular complexity index is 254. The number of hydrogen-bond donors (Lipinski definition) is 1. The Balaban J connectivity index is 1.88. The maximum Gasteiger partial charge on any atom is 0.235 e.